The van der Waals surface area contributed by atoms with Gasteiger partial charge >= 0.3 is 18.0 Å². The summed E-state index contributed by atoms with van der Waals surface area (Å²) in [6, 6.07) is 15.1. The third-order valence-corrected chi connectivity index (χ3v) is 7.66. The first-order valence-electron chi connectivity index (χ1n) is 14.9. The van der Waals surface area contributed by atoms with Crippen LogP contribution in [0.5, 0.6) is 5.75 Å². The molecule has 0 radical (unpaired) electrons. The number of methoxy groups -OCH3 is 1. The van der Waals surface area contributed by atoms with Crippen LogP contribution < -0.4 is 10.5 Å². The van der Waals surface area contributed by atoms with Gasteiger partial charge in [-0.25, -0.2) is 9.59 Å². The zero-order valence-corrected chi connectivity index (χ0v) is 27.2. The van der Waals surface area contributed by atoms with Crippen molar-refractivity contribution < 1.29 is 43.2 Å². The highest BCUT2D eigenvalue weighted by Gasteiger charge is 2.58. The molecule has 45 heavy (non-hydrogen) atoms. The largest absolute Gasteiger partial charge is 0.488 e. The molecular weight excluding hydrogens is 582 g/mol. The molecule has 0 aliphatic heterocycles. The number of rotatable bonds is 16. The van der Waals surface area contributed by atoms with Crippen LogP contribution in [-0.2, 0) is 41.6 Å². The average molecular weight is 630 g/mol. The van der Waals surface area contributed by atoms with Crippen molar-refractivity contribution in [2.45, 2.75) is 64.6 Å². The summed E-state index contributed by atoms with van der Waals surface area (Å²) in [6.45, 7) is 8.14. The van der Waals surface area contributed by atoms with Crippen LogP contribution in [0.3, 0.4) is 0 Å². The maximum atomic E-state index is 13.1. The number of nitrogen functional groups attached to an aromatic ring is 1. The molecule has 248 valence electrons. The van der Waals surface area contributed by atoms with E-state index in [9.17, 15) is 19.5 Å². The van der Waals surface area contributed by atoms with Gasteiger partial charge in [-0.1, -0.05) is 43.3 Å². The lowest BCUT2D eigenvalue weighted by Gasteiger charge is -2.30. The number of hydrogen-bond donors (Lipinski definition) is 2. The molecule has 5 unspecified atom stereocenters. The number of amides is 1. The number of aliphatic hydroxyl groups excluding tert-OH is 1. The number of carbonyl (C=O) groups excluding carboxylic acids is 3. The first kappa shape index (κ1) is 35.6. The minimum atomic E-state index is -1.65. The zero-order chi connectivity index (χ0) is 33.3. The fraction of sp³-hybridized carbons (Fsp3) is 0.545. The summed E-state index contributed by atoms with van der Waals surface area (Å²) in [4.78, 5) is 40.2. The van der Waals surface area contributed by atoms with Crippen molar-refractivity contribution in [3.05, 3.63) is 59.7 Å². The van der Waals surface area contributed by atoms with Crippen LogP contribution in [0.4, 0.5) is 10.5 Å². The number of benzene rings is 2. The third-order valence-electron chi connectivity index (χ3n) is 7.66. The van der Waals surface area contributed by atoms with Gasteiger partial charge in [-0.15, -0.1) is 0 Å². The second-order valence-electron chi connectivity index (χ2n) is 12.2. The normalized spacial score (nSPS) is 18.9. The Morgan fingerprint density at radius 2 is 1.73 bits per heavy atom. The first-order valence-corrected chi connectivity index (χ1v) is 14.9. The monoisotopic (exact) mass is 629 g/mol. The van der Waals surface area contributed by atoms with Gasteiger partial charge in [-0.2, -0.15) is 0 Å². The number of nitrogens with zero attached hydrogens (tertiary/aromatic N) is 2. The van der Waals surface area contributed by atoms with Gasteiger partial charge in [0, 0.05) is 38.3 Å². The Hall–Kier alpha value is -3.87. The Balaban J connectivity index is 1.59. The van der Waals surface area contributed by atoms with Gasteiger partial charge in [0.2, 0.25) is 0 Å². The van der Waals surface area contributed by atoms with Gasteiger partial charge in [0.25, 0.3) is 0 Å². The molecule has 0 aromatic heterocycles. The topological polar surface area (TPSA) is 150 Å². The average Bonchev–Trinajstić information content (AvgIpc) is 3.62. The van der Waals surface area contributed by atoms with E-state index in [1.807, 2.05) is 70.1 Å². The zero-order valence-electron chi connectivity index (χ0n) is 27.2. The number of hydrogen-bond acceptors (Lipinski definition) is 11. The lowest BCUT2D eigenvalue weighted by Crippen LogP contribution is -2.41. The van der Waals surface area contributed by atoms with E-state index in [0.29, 0.717) is 36.5 Å². The lowest BCUT2D eigenvalue weighted by atomic mass is 9.98. The molecule has 1 fully saturated rings. The first-order chi connectivity index (χ1) is 21.2. The SMILES string of the molecule is COC(=O)C(O)C(OC(C)=O)C1C(C)C1Oc1ccc(COC(=O)N(CCN(C)C)COC(C)(C)Cc2ccccc2)cc1N. The summed E-state index contributed by atoms with van der Waals surface area (Å²) in [7, 11) is 5.00. The molecule has 1 saturated carbocycles. The second-order valence-corrected chi connectivity index (χ2v) is 12.2. The molecule has 0 saturated heterocycles. The molecule has 0 spiro atoms. The van der Waals surface area contributed by atoms with E-state index in [0.717, 1.165) is 12.7 Å². The van der Waals surface area contributed by atoms with Gasteiger partial charge in [-0.05, 0) is 51.2 Å². The fourth-order valence-corrected chi connectivity index (χ4v) is 5.03. The van der Waals surface area contributed by atoms with Crippen molar-refractivity contribution in [2.24, 2.45) is 11.8 Å². The van der Waals surface area contributed by atoms with Gasteiger partial charge in [0.05, 0.1) is 18.4 Å². The number of nitrogens with two attached hydrogens (primary N) is 1. The minimum absolute atomic E-state index is 0.0164. The molecule has 5 atom stereocenters. The highest BCUT2D eigenvalue weighted by molar-refractivity contribution is 5.76. The van der Waals surface area contributed by atoms with Gasteiger partial charge < -0.3 is 39.4 Å². The Morgan fingerprint density at radius 1 is 1.04 bits per heavy atom. The number of ether oxygens (including phenoxy) is 5. The molecule has 3 rings (SSSR count). The van der Waals surface area contributed by atoms with Crippen molar-refractivity contribution in [1.29, 1.82) is 0 Å². The molecule has 0 heterocycles. The van der Waals surface area contributed by atoms with E-state index in [2.05, 4.69) is 4.74 Å². The van der Waals surface area contributed by atoms with Crippen LogP contribution in [0.2, 0.25) is 0 Å². The van der Waals surface area contributed by atoms with E-state index in [4.69, 9.17) is 24.7 Å². The Bertz CT molecular complexity index is 1290. The highest BCUT2D eigenvalue weighted by Crippen LogP contribution is 2.47. The second kappa shape index (κ2) is 15.9. The highest BCUT2D eigenvalue weighted by atomic mass is 16.6. The molecule has 0 bridgehead atoms. The van der Waals surface area contributed by atoms with Crippen molar-refractivity contribution in [3.63, 3.8) is 0 Å². The van der Waals surface area contributed by atoms with Crippen molar-refractivity contribution in [3.8, 4) is 5.75 Å². The fourth-order valence-electron chi connectivity index (χ4n) is 5.03. The minimum Gasteiger partial charge on any atom is -0.488 e. The summed E-state index contributed by atoms with van der Waals surface area (Å²) in [5.41, 5.74) is 7.88. The Morgan fingerprint density at radius 3 is 2.33 bits per heavy atom. The molecule has 2 aromatic rings. The van der Waals surface area contributed by atoms with Gasteiger partial charge in [-0.3, -0.25) is 9.69 Å². The van der Waals surface area contributed by atoms with Gasteiger partial charge in [0.15, 0.2) is 6.10 Å². The van der Waals surface area contributed by atoms with Crippen LogP contribution in [0.1, 0.15) is 38.8 Å². The van der Waals surface area contributed by atoms with Crippen molar-refractivity contribution in [2.75, 3.05) is 46.8 Å². The molecule has 12 heteroatoms. The van der Waals surface area contributed by atoms with Crippen LogP contribution in [-0.4, -0.2) is 97.9 Å². The van der Waals surface area contributed by atoms with E-state index in [1.54, 1.807) is 18.2 Å². The van der Waals surface area contributed by atoms with Crippen LogP contribution in [0.15, 0.2) is 48.5 Å². The van der Waals surface area contributed by atoms with Crippen LogP contribution in [0, 0.1) is 11.8 Å². The van der Waals surface area contributed by atoms with Crippen molar-refractivity contribution >= 4 is 23.7 Å². The predicted octanol–water partition coefficient (Wildman–Crippen LogP) is 3.24. The number of anilines is 1. The van der Waals surface area contributed by atoms with E-state index in [-0.39, 0.29) is 19.3 Å². The summed E-state index contributed by atoms with van der Waals surface area (Å²) >= 11 is 0. The molecular formula is C33H47N3O9. The number of esters is 2. The third kappa shape index (κ3) is 10.6. The van der Waals surface area contributed by atoms with Crippen molar-refractivity contribution in [1.82, 2.24) is 9.80 Å². The number of aliphatic hydroxyl groups is 1. The van der Waals surface area contributed by atoms with E-state index < -0.39 is 47.9 Å². The predicted molar refractivity (Wildman–Crippen MR) is 167 cm³/mol. The van der Waals surface area contributed by atoms with Crippen LogP contribution >= 0.6 is 0 Å². The maximum Gasteiger partial charge on any atom is 0.411 e. The smallest absolute Gasteiger partial charge is 0.411 e. The molecule has 1 amide bonds. The summed E-state index contributed by atoms with van der Waals surface area (Å²) in [5.74, 6) is -1.75. The number of likely N-dealkylation sites (N-methyl/N-ethyl adjacent to an activating group) is 1. The van der Waals surface area contributed by atoms with E-state index in [1.165, 1.54) is 11.8 Å². The summed E-state index contributed by atoms with van der Waals surface area (Å²) in [5, 5.41) is 10.4. The van der Waals surface area contributed by atoms with Gasteiger partial charge in [0.1, 0.15) is 31.3 Å². The number of carbonyl (C=O) groups is 3. The molecule has 3 N–H and O–H groups in total. The summed E-state index contributed by atoms with van der Waals surface area (Å²) < 4.78 is 27.7. The quantitative estimate of drug-likeness (QED) is 0.122. The molecule has 1 aliphatic rings. The van der Waals surface area contributed by atoms with E-state index >= 15 is 0 Å². The molecule has 12 nitrogen and oxygen atoms in total. The maximum absolute atomic E-state index is 13.1. The Kier molecular flexibility index (Phi) is 12.6. The molecule has 1 aliphatic carbocycles. The molecule has 2 aromatic carbocycles. The van der Waals surface area contributed by atoms with Crippen LogP contribution in [0.25, 0.3) is 0 Å². The lowest BCUT2D eigenvalue weighted by molar-refractivity contribution is -0.168. The Labute approximate surface area is 265 Å². The standard InChI is InChI=1S/C33H47N3O9/c1-21-27(30(44-22(2)37)28(38)31(39)41-7)29(21)45-26-14-13-24(17-25(26)34)19-42-32(40)36(16-15-35(5)6)20-43-33(3,4)18-23-11-9-8-10-12-23/h8-14,17,21,27-30,38H,15-16,18-20,34H2,1-7H3. The summed E-state index contributed by atoms with van der Waals surface area (Å²) in [6.07, 6.45) is -3.06.